The van der Waals surface area contributed by atoms with E-state index in [9.17, 15) is 9.90 Å². The standard InChI is InChI=1S/C24H38N4O3/c1-18(2)16-28(24(19(3)29)12-9-13-25-17-24)23(30)22-26-20-10-5-6-11-21(20)27(22)14-7-8-15-31-4/h5-6,10-11,18-19,25,29H,7-9,12-17H2,1-4H3/t19-,24+/m0/s1. The number of fused-ring (bicyclic) bond motifs is 1. The van der Waals surface area contributed by atoms with Crippen molar-refractivity contribution in [2.24, 2.45) is 5.92 Å². The number of nitrogens with one attached hydrogen (secondary N) is 1. The van der Waals surface area contributed by atoms with E-state index in [0.29, 0.717) is 32.1 Å². The van der Waals surface area contributed by atoms with Crippen molar-refractivity contribution < 1.29 is 14.6 Å². The number of carbonyl (C=O) groups is 1. The normalized spacial score (nSPS) is 20.3. The van der Waals surface area contributed by atoms with Gasteiger partial charge in [0, 0.05) is 33.4 Å². The molecule has 0 spiro atoms. The van der Waals surface area contributed by atoms with E-state index in [1.807, 2.05) is 33.7 Å². The number of hydrogen-bond donors (Lipinski definition) is 2. The first-order valence-electron chi connectivity index (χ1n) is 11.6. The molecular weight excluding hydrogens is 392 g/mol. The van der Waals surface area contributed by atoms with Crippen molar-refractivity contribution >= 4 is 16.9 Å². The predicted molar refractivity (Wildman–Crippen MR) is 123 cm³/mol. The number of benzene rings is 1. The van der Waals surface area contributed by atoms with Crippen LogP contribution in [0.2, 0.25) is 0 Å². The number of rotatable bonds is 10. The number of piperidine rings is 1. The molecule has 1 amide bonds. The van der Waals surface area contributed by atoms with Crippen LogP contribution in [0.4, 0.5) is 0 Å². The zero-order valence-electron chi connectivity index (χ0n) is 19.4. The summed E-state index contributed by atoms with van der Waals surface area (Å²) in [4.78, 5) is 20.7. The topological polar surface area (TPSA) is 79.6 Å². The molecule has 2 N–H and O–H groups in total. The van der Waals surface area contributed by atoms with Crippen molar-refractivity contribution in [1.29, 1.82) is 0 Å². The summed E-state index contributed by atoms with van der Waals surface area (Å²) in [5.74, 6) is 0.645. The third-order valence-electron chi connectivity index (χ3n) is 6.33. The lowest BCUT2D eigenvalue weighted by atomic mass is 9.82. The number of unbranched alkanes of at least 4 members (excludes halogenated alkanes) is 1. The fourth-order valence-corrected chi connectivity index (χ4v) is 4.66. The number of amides is 1. The minimum atomic E-state index is -0.637. The third kappa shape index (κ3) is 5.10. The quantitative estimate of drug-likeness (QED) is 0.567. The molecule has 2 aromatic rings. The van der Waals surface area contributed by atoms with Crippen molar-refractivity contribution in [3.63, 3.8) is 0 Å². The van der Waals surface area contributed by atoms with Crippen LogP contribution in [0.15, 0.2) is 24.3 Å². The van der Waals surface area contributed by atoms with Crippen LogP contribution in [0.1, 0.15) is 57.1 Å². The van der Waals surface area contributed by atoms with Gasteiger partial charge in [0.1, 0.15) is 0 Å². The monoisotopic (exact) mass is 430 g/mol. The summed E-state index contributed by atoms with van der Waals surface area (Å²) in [5.41, 5.74) is 1.18. The number of carbonyl (C=O) groups excluding carboxylic acids is 1. The Bertz CT molecular complexity index is 856. The van der Waals surface area contributed by atoms with Gasteiger partial charge in [-0.2, -0.15) is 0 Å². The molecule has 0 bridgehead atoms. The highest BCUT2D eigenvalue weighted by atomic mass is 16.5. The van der Waals surface area contributed by atoms with E-state index in [0.717, 1.165) is 43.3 Å². The predicted octanol–water partition coefficient (Wildman–Crippen LogP) is 3.06. The molecule has 7 nitrogen and oxygen atoms in total. The lowest BCUT2D eigenvalue weighted by molar-refractivity contribution is -0.0317. The van der Waals surface area contributed by atoms with Crippen LogP contribution in [-0.2, 0) is 11.3 Å². The maximum Gasteiger partial charge on any atom is 0.290 e. The number of nitrogens with zero attached hydrogens (tertiary/aromatic N) is 3. The van der Waals surface area contributed by atoms with Gasteiger partial charge in [0.05, 0.1) is 22.7 Å². The van der Waals surface area contributed by atoms with E-state index < -0.39 is 11.6 Å². The van der Waals surface area contributed by atoms with Gasteiger partial charge in [-0.1, -0.05) is 26.0 Å². The SMILES string of the molecule is COCCCCn1c(C(=O)N(CC(C)C)[C@]2([C@H](C)O)CCCNC2)nc2ccccc21. The maximum absolute atomic E-state index is 14.0. The molecule has 0 aliphatic carbocycles. The molecule has 1 fully saturated rings. The van der Waals surface area contributed by atoms with Crippen LogP contribution < -0.4 is 5.32 Å². The number of aromatic nitrogens is 2. The maximum atomic E-state index is 14.0. The summed E-state index contributed by atoms with van der Waals surface area (Å²) in [6, 6.07) is 7.91. The second-order valence-corrected chi connectivity index (χ2v) is 9.15. The summed E-state index contributed by atoms with van der Waals surface area (Å²) in [6.45, 7) is 9.53. The van der Waals surface area contributed by atoms with Gasteiger partial charge >= 0.3 is 0 Å². The van der Waals surface area contributed by atoms with E-state index in [1.54, 1.807) is 14.0 Å². The second-order valence-electron chi connectivity index (χ2n) is 9.15. The van der Waals surface area contributed by atoms with Gasteiger partial charge in [-0.3, -0.25) is 4.79 Å². The molecule has 1 aliphatic rings. The van der Waals surface area contributed by atoms with Crippen molar-refractivity contribution in [3.8, 4) is 0 Å². The Kier molecular flexibility index (Phi) is 8.08. The summed E-state index contributed by atoms with van der Waals surface area (Å²) in [5, 5.41) is 14.3. The number of ether oxygens (including phenoxy) is 1. The van der Waals surface area contributed by atoms with Crippen LogP contribution in [0.25, 0.3) is 11.0 Å². The fourth-order valence-electron chi connectivity index (χ4n) is 4.66. The van der Waals surface area contributed by atoms with Crippen LogP contribution in [0.3, 0.4) is 0 Å². The van der Waals surface area contributed by atoms with E-state index in [-0.39, 0.29) is 11.8 Å². The van der Waals surface area contributed by atoms with E-state index in [4.69, 9.17) is 9.72 Å². The van der Waals surface area contributed by atoms with Gasteiger partial charge in [-0.15, -0.1) is 0 Å². The highest BCUT2D eigenvalue weighted by Crippen LogP contribution is 2.31. The molecule has 7 heteroatoms. The number of imidazole rings is 1. The lowest BCUT2D eigenvalue weighted by Crippen LogP contribution is -2.65. The third-order valence-corrected chi connectivity index (χ3v) is 6.33. The molecule has 172 valence electrons. The van der Waals surface area contributed by atoms with Gasteiger partial charge in [0.15, 0.2) is 5.82 Å². The van der Waals surface area contributed by atoms with Crippen LogP contribution in [0, 0.1) is 5.92 Å². The van der Waals surface area contributed by atoms with Crippen molar-refractivity contribution in [2.45, 2.75) is 64.6 Å². The van der Waals surface area contributed by atoms with Gasteiger partial charge in [-0.25, -0.2) is 4.98 Å². The number of aliphatic hydroxyl groups excluding tert-OH is 1. The summed E-state index contributed by atoms with van der Waals surface area (Å²) < 4.78 is 7.24. The van der Waals surface area contributed by atoms with E-state index >= 15 is 0 Å². The van der Waals surface area contributed by atoms with Gasteiger partial charge in [0.2, 0.25) is 0 Å². The Morgan fingerprint density at radius 2 is 2.10 bits per heavy atom. The smallest absolute Gasteiger partial charge is 0.290 e. The molecule has 0 saturated carbocycles. The van der Waals surface area contributed by atoms with E-state index in [2.05, 4.69) is 19.2 Å². The van der Waals surface area contributed by atoms with Crippen LogP contribution in [-0.4, -0.2) is 70.5 Å². The van der Waals surface area contributed by atoms with Gasteiger partial charge in [-0.05, 0) is 57.2 Å². The minimum Gasteiger partial charge on any atom is -0.391 e. The number of methoxy groups -OCH3 is 1. The van der Waals surface area contributed by atoms with Gasteiger partial charge in [0.25, 0.3) is 5.91 Å². The molecule has 3 rings (SSSR count). The summed E-state index contributed by atoms with van der Waals surface area (Å²) in [6.07, 6.45) is 2.91. The number of aliphatic hydroxyl groups is 1. The van der Waals surface area contributed by atoms with Gasteiger partial charge < -0.3 is 24.6 Å². The second kappa shape index (κ2) is 10.6. The molecule has 0 radical (unpaired) electrons. The zero-order valence-corrected chi connectivity index (χ0v) is 19.4. The number of para-hydroxylation sites is 2. The first-order chi connectivity index (χ1) is 14.9. The first kappa shape index (κ1) is 23.7. The van der Waals surface area contributed by atoms with Crippen LogP contribution >= 0.6 is 0 Å². The van der Waals surface area contributed by atoms with Crippen LogP contribution in [0.5, 0.6) is 0 Å². The molecule has 1 aromatic heterocycles. The highest BCUT2D eigenvalue weighted by Gasteiger charge is 2.46. The highest BCUT2D eigenvalue weighted by molar-refractivity contribution is 5.95. The Balaban J connectivity index is 2.02. The fraction of sp³-hybridized carbons (Fsp3) is 0.667. The molecule has 0 unspecified atom stereocenters. The summed E-state index contributed by atoms with van der Waals surface area (Å²) >= 11 is 0. The Morgan fingerprint density at radius 1 is 1.32 bits per heavy atom. The zero-order chi connectivity index (χ0) is 22.4. The average molecular weight is 431 g/mol. The van der Waals surface area contributed by atoms with E-state index in [1.165, 1.54) is 0 Å². The molecule has 2 atom stereocenters. The minimum absolute atomic E-state index is 0.0961. The Hall–Kier alpha value is -1.96. The molecule has 1 aliphatic heterocycles. The lowest BCUT2D eigenvalue weighted by Gasteiger charge is -2.49. The summed E-state index contributed by atoms with van der Waals surface area (Å²) in [7, 11) is 1.71. The first-order valence-corrected chi connectivity index (χ1v) is 11.6. The number of hydrogen-bond acceptors (Lipinski definition) is 5. The van der Waals surface area contributed by atoms with Crippen molar-refractivity contribution in [3.05, 3.63) is 30.1 Å². The molecular formula is C24H38N4O3. The molecule has 2 heterocycles. The molecule has 31 heavy (non-hydrogen) atoms. The largest absolute Gasteiger partial charge is 0.391 e. The average Bonchev–Trinajstić information content (AvgIpc) is 3.13. The van der Waals surface area contributed by atoms with Crippen molar-refractivity contribution in [2.75, 3.05) is 33.4 Å². The van der Waals surface area contributed by atoms with Crippen molar-refractivity contribution in [1.82, 2.24) is 19.8 Å². The molecule has 1 aromatic carbocycles. The molecule has 1 saturated heterocycles. The Labute approximate surface area is 185 Å². The Morgan fingerprint density at radius 3 is 2.74 bits per heavy atom. The number of aryl methyl sites for hydroxylation is 1.